The monoisotopic (exact) mass is 306 g/mol. The van der Waals surface area contributed by atoms with Gasteiger partial charge in [-0.2, -0.15) is 0 Å². The molecule has 6 nitrogen and oxygen atoms in total. The molecule has 0 radical (unpaired) electrons. The Bertz CT molecular complexity index is 762. The van der Waals surface area contributed by atoms with Crippen LogP contribution in [0.2, 0.25) is 0 Å². The molecule has 0 unspecified atom stereocenters. The van der Waals surface area contributed by atoms with E-state index >= 15 is 0 Å². The van der Waals surface area contributed by atoms with Crippen molar-refractivity contribution in [3.63, 3.8) is 0 Å². The molecule has 0 fully saturated rings. The molecular formula is C14H14N2O4S. The predicted molar refractivity (Wildman–Crippen MR) is 77.5 cm³/mol. The van der Waals surface area contributed by atoms with Crippen LogP contribution in [-0.2, 0) is 21.5 Å². The summed E-state index contributed by atoms with van der Waals surface area (Å²) in [5, 5.41) is 10.1. The molecule has 21 heavy (non-hydrogen) atoms. The SMILES string of the molecule is CN(c1ccc2c(c1)CON2O)S(=O)(=O)c1ccccc1. The van der Waals surface area contributed by atoms with E-state index in [-0.39, 0.29) is 11.5 Å². The molecule has 0 aliphatic carbocycles. The van der Waals surface area contributed by atoms with Gasteiger partial charge in [-0.05, 0) is 30.3 Å². The van der Waals surface area contributed by atoms with Gasteiger partial charge < -0.3 is 0 Å². The van der Waals surface area contributed by atoms with Gasteiger partial charge in [-0.1, -0.05) is 18.2 Å². The van der Waals surface area contributed by atoms with Crippen molar-refractivity contribution in [2.45, 2.75) is 11.5 Å². The van der Waals surface area contributed by atoms with Crippen molar-refractivity contribution in [3.8, 4) is 0 Å². The summed E-state index contributed by atoms with van der Waals surface area (Å²) in [5.74, 6) is 0. The quantitative estimate of drug-likeness (QED) is 0.941. The minimum absolute atomic E-state index is 0.207. The number of fused-ring (bicyclic) bond motifs is 1. The second-order valence-corrected chi connectivity index (χ2v) is 6.61. The fourth-order valence-electron chi connectivity index (χ4n) is 2.16. The maximum Gasteiger partial charge on any atom is 0.264 e. The van der Waals surface area contributed by atoms with Crippen molar-refractivity contribution < 1.29 is 18.5 Å². The molecule has 0 aromatic heterocycles. The second-order valence-electron chi connectivity index (χ2n) is 4.64. The van der Waals surface area contributed by atoms with Crippen molar-refractivity contribution in [1.82, 2.24) is 0 Å². The minimum Gasteiger partial charge on any atom is -0.269 e. The van der Waals surface area contributed by atoms with Gasteiger partial charge in [0.2, 0.25) is 0 Å². The van der Waals surface area contributed by atoms with Crippen LogP contribution in [0.3, 0.4) is 0 Å². The Morgan fingerprint density at radius 1 is 1.19 bits per heavy atom. The van der Waals surface area contributed by atoms with Crippen LogP contribution in [0.15, 0.2) is 53.4 Å². The molecule has 0 spiro atoms. The third-order valence-electron chi connectivity index (χ3n) is 3.38. The molecule has 0 amide bonds. The molecule has 1 aliphatic heterocycles. The van der Waals surface area contributed by atoms with Crippen LogP contribution < -0.4 is 9.53 Å². The lowest BCUT2D eigenvalue weighted by Gasteiger charge is -2.20. The summed E-state index contributed by atoms with van der Waals surface area (Å²) < 4.78 is 26.3. The highest BCUT2D eigenvalue weighted by Crippen LogP contribution is 2.32. The maximum atomic E-state index is 12.5. The van der Waals surface area contributed by atoms with Gasteiger partial charge in [-0.3, -0.25) is 9.51 Å². The normalized spacial score (nSPS) is 14.1. The molecule has 0 saturated carbocycles. The lowest BCUT2D eigenvalue weighted by Crippen LogP contribution is -2.26. The van der Waals surface area contributed by atoms with Gasteiger partial charge in [0.1, 0.15) is 12.3 Å². The van der Waals surface area contributed by atoms with E-state index in [0.29, 0.717) is 16.6 Å². The summed E-state index contributed by atoms with van der Waals surface area (Å²) in [5.41, 5.74) is 1.76. The Morgan fingerprint density at radius 3 is 2.62 bits per heavy atom. The topological polar surface area (TPSA) is 70.1 Å². The summed E-state index contributed by atoms with van der Waals surface area (Å²) >= 11 is 0. The third kappa shape index (κ3) is 2.35. The van der Waals surface area contributed by atoms with Gasteiger partial charge in [0.25, 0.3) is 10.0 Å². The first-order chi connectivity index (χ1) is 10.00. The molecule has 0 bridgehead atoms. The Labute approximate surface area is 122 Å². The highest BCUT2D eigenvalue weighted by molar-refractivity contribution is 7.92. The predicted octanol–water partition coefficient (Wildman–Crippen LogP) is 2.15. The molecule has 2 aromatic carbocycles. The summed E-state index contributed by atoms with van der Waals surface area (Å²) in [6, 6.07) is 13.2. The van der Waals surface area contributed by atoms with Crippen LogP contribution in [0.1, 0.15) is 5.56 Å². The highest BCUT2D eigenvalue weighted by atomic mass is 32.2. The Hall–Kier alpha value is -2.09. The number of hydrogen-bond acceptors (Lipinski definition) is 5. The fraction of sp³-hybridized carbons (Fsp3) is 0.143. The van der Waals surface area contributed by atoms with Gasteiger partial charge >= 0.3 is 0 Å². The van der Waals surface area contributed by atoms with Crippen molar-refractivity contribution in [2.24, 2.45) is 0 Å². The standard InChI is InChI=1S/C14H14N2O4S/c1-15(21(18,19)13-5-3-2-4-6-13)12-7-8-14-11(9-12)10-20-16(14)17/h2-9,17H,10H2,1H3. The van der Waals surface area contributed by atoms with Gasteiger partial charge in [-0.25, -0.2) is 13.3 Å². The zero-order chi connectivity index (χ0) is 15.0. The molecule has 1 aliphatic rings. The number of anilines is 2. The van der Waals surface area contributed by atoms with E-state index in [9.17, 15) is 13.6 Å². The molecular weight excluding hydrogens is 292 g/mol. The zero-order valence-electron chi connectivity index (χ0n) is 11.3. The molecule has 110 valence electrons. The summed E-state index contributed by atoms with van der Waals surface area (Å²) in [4.78, 5) is 5.18. The lowest BCUT2D eigenvalue weighted by atomic mass is 10.2. The van der Waals surface area contributed by atoms with E-state index in [1.807, 2.05) is 0 Å². The first-order valence-electron chi connectivity index (χ1n) is 6.29. The Morgan fingerprint density at radius 2 is 1.90 bits per heavy atom. The van der Waals surface area contributed by atoms with Gasteiger partial charge in [0.15, 0.2) is 0 Å². The molecule has 0 saturated heterocycles. The van der Waals surface area contributed by atoms with Crippen molar-refractivity contribution >= 4 is 21.4 Å². The van der Waals surface area contributed by atoms with E-state index in [1.54, 1.807) is 48.5 Å². The lowest BCUT2D eigenvalue weighted by molar-refractivity contribution is -0.0329. The fourth-order valence-corrected chi connectivity index (χ4v) is 3.37. The van der Waals surface area contributed by atoms with Crippen LogP contribution in [0.25, 0.3) is 0 Å². The van der Waals surface area contributed by atoms with E-state index in [0.717, 1.165) is 5.56 Å². The van der Waals surface area contributed by atoms with E-state index in [4.69, 9.17) is 4.84 Å². The molecule has 1 heterocycles. The van der Waals surface area contributed by atoms with Crippen LogP contribution in [0.5, 0.6) is 0 Å². The number of nitrogens with zero attached hydrogens (tertiary/aromatic N) is 2. The van der Waals surface area contributed by atoms with Crippen molar-refractivity contribution in [1.29, 1.82) is 0 Å². The molecule has 0 atom stereocenters. The summed E-state index contributed by atoms with van der Waals surface area (Å²) in [6.45, 7) is 0.207. The number of rotatable bonds is 3. The first-order valence-corrected chi connectivity index (χ1v) is 7.73. The number of sulfonamides is 1. The van der Waals surface area contributed by atoms with Gasteiger partial charge in [0.05, 0.1) is 10.6 Å². The summed E-state index contributed by atoms with van der Waals surface area (Å²) in [6.07, 6.45) is 0. The third-order valence-corrected chi connectivity index (χ3v) is 5.18. The average Bonchev–Trinajstić information content (AvgIpc) is 2.88. The van der Waals surface area contributed by atoms with E-state index in [1.165, 1.54) is 11.4 Å². The zero-order valence-corrected chi connectivity index (χ0v) is 12.1. The van der Waals surface area contributed by atoms with Crippen LogP contribution in [0, 0.1) is 0 Å². The van der Waals surface area contributed by atoms with Crippen LogP contribution in [0.4, 0.5) is 11.4 Å². The minimum atomic E-state index is -3.61. The summed E-state index contributed by atoms with van der Waals surface area (Å²) in [7, 11) is -2.11. The smallest absolute Gasteiger partial charge is 0.264 e. The Kier molecular flexibility index (Phi) is 3.32. The van der Waals surface area contributed by atoms with Crippen molar-refractivity contribution in [3.05, 3.63) is 54.1 Å². The van der Waals surface area contributed by atoms with E-state index in [2.05, 4.69) is 0 Å². The van der Waals surface area contributed by atoms with Gasteiger partial charge in [0, 0.05) is 12.6 Å². The number of benzene rings is 2. The molecule has 7 heteroatoms. The van der Waals surface area contributed by atoms with Crippen LogP contribution >= 0.6 is 0 Å². The first kappa shape index (κ1) is 13.9. The van der Waals surface area contributed by atoms with Gasteiger partial charge in [-0.15, -0.1) is 5.23 Å². The maximum absolute atomic E-state index is 12.5. The second kappa shape index (κ2) is 5.03. The molecule has 3 rings (SSSR count). The largest absolute Gasteiger partial charge is 0.269 e. The Balaban J connectivity index is 1.98. The highest BCUT2D eigenvalue weighted by Gasteiger charge is 2.24. The number of hydrogen-bond donors (Lipinski definition) is 1. The van der Waals surface area contributed by atoms with E-state index < -0.39 is 10.0 Å². The average molecular weight is 306 g/mol. The van der Waals surface area contributed by atoms with Crippen molar-refractivity contribution in [2.75, 3.05) is 16.6 Å². The molecule has 1 N–H and O–H groups in total. The molecule has 2 aromatic rings. The van der Waals surface area contributed by atoms with Crippen LogP contribution in [-0.4, -0.2) is 20.7 Å².